The number of hydrogen-bond acceptors (Lipinski definition) is 2. The zero-order valence-electron chi connectivity index (χ0n) is 14.5. The van der Waals surface area contributed by atoms with Crippen LogP contribution in [0.5, 0.6) is 0 Å². The van der Waals surface area contributed by atoms with Crippen LogP contribution < -0.4 is 10.2 Å². The van der Waals surface area contributed by atoms with Gasteiger partial charge in [0.05, 0.1) is 6.54 Å². The molecule has 0 spiro atoms. The number of nitrogens with one attached hydrogen (secondary N) is 1. The lowest BCUT2D eigenvalue weighted by Gasteiger charge is -2.29. The molecule has 5 nitrogen and oxygen atoms in total. The third-order valence-electron chi connectivity index (χ3n) is 4.84. The first-order valence-electron chi connectivity index (χ1n) is 8.91. The quantitative estimate of drug-likeness (QED) is 0.789. The minimum absolute atomic E-state index is 0.0202. The minimum Gasteiger partial charge on any atom is -0.345 e. The summed E-state index contributed by atoms with van der Waals surface area (Å²) in [5, 5.41) is 3.86. The molecule has 1 aromatic heterocycles. The van der Waals surface area contributed by atoms with Gasteiger partial charge in [-0.1, -0.05) is 36.4 Å². The van der Waals surface area contributed by atoms with Gasteiger partial charge in [0.2, 0.25) is 11.8 Å². The van der Waals surface area contributed by atoms with Gasteiger partial charge < -0.3 is 14.8 Å². The molecule has 2 heterocycles. The number of carbonyl (C=O) groups is 2. The Morgan fingerprint density at radius 1 is 1.00 bits per heavy atom. The summed E-state index contributed by atoms with van der Waals surface area (Å²) in [6, 6.07) is 17.9. The van der Waals surface area contributed by atoms with Crippen LogP contribution in [0.25, 0.3) is 10.9 Å². The second-order valence-electron chi connectivity index (χ2n) is 6.56. The predicted molar refractivity (Wildman–Crippen MR) is 102 cm³/mol. The normalized spacial score (nSPS) is 13.5. The average molecular weight is 347 g/mol. The smallest absolute Gasteiger partial charge is 0.246 e. The molecule has 2 aromatic carbocycles. The highest BCUT2D eigenvalue weighted by Gasteiger charge is 2.22. The number of hydrogen-bond donors (Lipinski definition) is 1. The summed E-state index contributed by atoms with van der Waals surface area (Å²) in [4.78, 5) is 26.7. The molecule has 0 radical (unpaired) electrons. The van der Waals surface area contributed by atoms with Gasteiger partial charge in [-0.2, -0.15) is 0 Å². The Balaban J connectivity index is 1.38. The molecule has 5 heteroatoms. The van der Waals surface area contributed by atoms with Crippen LogP contribution in [-0.4, -0.2) is 29.5 Å². The molecule has 0 aliphatic carbocycles. The number of fused-ring (bicyclic) bond motifs is 2. The summed E-state index contributed by atoms with van der Waals surface area (Å²) in [7, 11) is 0. The van der Waals surface area contributed by atoms with E-state index < -0.39 is 0 Å². The van der Waals surface area contributed by atoms with Crippen molar-refractivity contribution in [3.8, 4) is 0 Å². The maximum Gasteiger partial charge on any atom is 0.246 e. The van der Waals surface area contributed by atoms with Crippen LogP contribution in [0.3, 0.4) is 0 Å². The molecule has 0 saturated carbocycles. The molecule has 1 aliphatic rings. The van der Waals surface area contributed by atoms with Gasteiger partial charge in [0.1, 0.15) is 6.54 Å². The first kappa shape index (κ1) is 16.4. The second-order valence-corrected chi connectivity index (χ2v) is 6.56. The van der Waals surface area contributed by atoms with Crippen molar-refractivity contribution >= 4 is 28.4 Å². The first-order chi connectivity index (χ1) is 12.7. The van der Waals surface area contributed by atoms with Crippen molar-refractivity contribution in [3.63, 3.8) is 0 Å². The molecular formula is C21H21N3O2. The van der Waals surface area contributed by atoms with E-state index in [1.807, 2.05) is 59.3 Å². The maximum absolute atomic E-state index is 12.6. The number of aryl methyl sites for hydroxylation is 1. The van der Waals surface area contributed by atoms with Crippen molar-refractivity contribution < 1.29 is 9.59 Å². The molecule has 0 unspecified atom stereocenters. The summed E-state index contributed by atoms with van der Waals surface area (Å²) in [5.74, 6) is -0.229. The molecule has 0 atom stereocenters. The lowest BCUT2D eigenvalue weighted by molar-refractivity contribution is -0.125. The number of para-hydroxylation sites is 2. The molecular weight excluding hydrogens is 326 g/mol. The van der Waals surface area contributed by atoms with Crippen molar-refractivity contribution in [1.29, 1.82) is 0 Å². The third kappa shape index (κ3) is 3.20. The molecule has 4 rings (SSSR count). The summed E-state index contributed by atoms with van der Waals surface area (Å²) >= 11 is 0. The number of amides is 2. The molecule has 26 heavy (non-hydrogen) atoms. The summed E-state index contributed by atoms with van der Waals surface area (Å²) < 4.78 is 1.89. The maximum atomic E-state index is 12.6. The third-order valence-corrected chi connectivity index (χ3v) is 4.84. The van der Waals surface area contributed by atoms with Crippen LogP contribution in [0.15, 0.2) is 60.8 Å². The number of anilines is 1. The Morgan fingerprint density at radius 2 is 1.81 bits per heavy atom. The van der Waals surface area contributed by atoms with Gasteiger partial charge in [0.25, 0.3) is 0 Å². The number of nitrogens with zero attached hydrogens (tertiary/aromatic N) is 2. The van der Waals surface area contributed by atoms with Gasteiger partial charge in [-0.05, 0) is 42.0 Å². The topological polar surface area (TPSA) is 54.3 Å². The van der Waals surface area contributed by atoms with Crippen molar-refractivity contribution in [2.75, 3.05) is 18.0 Å². The number of benzene rings is 2. The molecule has 1 N–H and O–H groups in total. The highest BCUT2D eigenvalue weighted by atomic mass is 16.2. The van der Waals surface area contributed by atoms with Crippen LogP contribution in [0.1, 0.15) is 12.0 Å². The summed E-state index contributed by atoms with van der Waals surface area (Å²) in [6.07, 6.45) is 3.84. The zero-order chi connectivity index (χ0) is 17.9. The SMILES string of the molecule is O=C(Cn1ccc2ccccc21)NCC(=O)N1CCCc2ccccc21. The van der Waals surface area contributed by atoms with Crippen LogP contribution in [0.4, 0.5) is 5.69 Å². The van der Waals surface area contributed by atoms with Crippen molar-refractivity contribution in [2.45, 2.75) is 19.4 Å². The van der Waals surface area contributed by atoms with Crippen molar-refractivity contribution in [2.24, 2.45) is 0 Å². The highest BCUT2D eigenvalue weighted by molar-refractivity contribution is 5.97. The largest absolute Gasteiger partial charge is 0.345 e. The molecule has 1 aliphatic heterocycles. The van der Waals surface area contributed by atoms with Gasteiger partial charge in [0, 0.05) is 23.9 Å². The Hall–Kier alpha value is -3.08. The Morgan fingerprint density at radius 3 is 2.73 bits per heavy atom. The van der Waals surface area contributed by atoms with Crippen LogP contribution in [-0.2, 0) is 22.6 Å². The van der Waals surface area contributed by atoms with E-state index in [-0.39, 0.29) is 24.9 Å². The van der Waals surface area contributed by atoms with Crippen LogP contribution in [0.2, 0.25) is 0 Å². The van der Waals surface area contributed by atoms with E-state index in [9.17, 15) is 9.59 Å². The average Bonchev–Trinajstić information content (AvgIpc) is 3.08. The monoisotopic (exact) mass is 347 g/mol. The van der Waals surface area contributed by atoms with E-state index in [2.05, 4.69) is 11.4 Å². The van der Waals surface area contributed by atoms with E-state index in [1.54, 1.807) is 4.90 Å². The van der Waals surface area contributed by atoms with E-state index in [0.717, 1.165) is 29.4 Å². The van der Waals surface area contributed by atoms with E-state index in [0.29, 0.717) is 6.54 Å². The fourth-order valence-electron chi connectivity index (χ4n) is 3.55. The molecule has 132 valence electrons. The van der Waals surface area contributed by atoms with Crippen LogP contribution in [0, 0.1) is 0 Å². The molecule has 0 bridgehead atoms. The van der Waals surface area contributed by atoms with E-state index in [1.165, 1.54) is 5.56 Å². The Labute approximate surface area is 152 Å². The number of aromatic nitrogens is 1. The standard InChI is InChI=1S/C21H21N3O2/c25-20(15-23-13-11-17-7-1-3-9-18(17)23)22-14-21(26)24-12-5-8-16-6-2-4-10-19(16)24/h1-4,6-7,9-11,13H,5,8,12,14-15H2,(H,22,25). The second kappa shape index (κ2) is 7.04. The lowest BCUT2D eigenvalue weighted by atomic mass is 10.0. The first-order valence-corrected chi connectivity index (χ1v) is 8.91. The number of rotatable bonds is 4. The fourth-order valence-corrected chi connectivity index (χ4v) is 3.55. The van der Waals surface area contributed by atoms with Gasteiger partial charge in [0.15, 0.2) is 0 Å². The van der Waals surface area contributed by atoms with Crippen molar-refractivity contribution in [1.82, 2.24) is 9.88 Å². The lowest BCUT2D eigenvalue weighted by Crippen LogP contribution is -2.43. The van der Waals surface area contributed by atoms with Gasteiger partial charge in [-0.3, -0.25) is 9.59 Å². The van der Waals surface area contributed by atoms with Gasteiger partial charge in [-0.15, -0.1) is 0 Å². The van der Waals surface area contributed by atoms with Crippen molar-refractivity contribution in [3.05, 3.63) is 66.4 Å². The van der Waals surface area contributed by atoms with E-state index in [4.69, 9.17) is 0 Å². The zero-order valence-corrected chi connectivity index (χ0v) is 14.5. The van der Waals surface area contributed by atoms with Gasteiger partial charge >= 0.3 is 0 Å². The molecule has 0 fully saturated rings. The van der Waals surface area contributed by atoms with E-state index >= 15 is 0 Å². The summed E-state index contributed by atoms with van der Waals surface area (Å²) in [6.45, 7) is 0.928. The summed E-state index contributed by atoms with van der Waals surface area (Å²) in [5.41, 5.74) is 3.17. The minimum atomic E-state index is -0.162. The molecule has 3 aromatic rings. The predicted octanol–water partition coefficient (Wildman–Crippen LogP) is 2.74. The Bertz CT molecular complexity index is 961. The Kier molecular flexibility index (Phi) is 4.44. The highest BCUT2D eigenvalue weighted by Crippen LogP contribution is 2.26. The van der Waals surface area contributed by atoms with Gasteiger partial charge in [-0.25, -0.2) is 0 Å². The molecule has 0 saturated heterocycles. The fraction of sp³-hybridized carbons (Fsp3) is 0.238. The van der Waals surface area contributed by atoms with Crippen LogP contribution >= 0.6 is 0 Å². The number of carbonyl (C=O) groups excluding carboxylic acids is 2. The molecule has 2 amide bonds.